The molecule has 1 aromatic carbocycles. The minimum Gasteiger partial charge on any atom is -0.377 e. The van der Waals surface area contributed by atoms with Crippen molar-refractivity contribution < 1.29 is 9.13 Å². The average Bonchev–Trinajstić information content (AvgIpc) is 2.30. The second-order valence-electron chi connectivity index (χ2n) is 3.81. The topological polar surface area (TPSA) is 45.0 Å². The van der Waals surface area contributed by atoms with Gasteiger partial charge in [-0.15, -0.1) is 0 Å². The number of hydrogen-bond acceptors (Lipinski definition) is 3. The summed E-state index contributed by atoms with van der Waals surface area (Å²) in [5, 5.41) is 12.0. The van der Waals surface area contributed by atoms with Gasteiger partial charge in [-0.3, -0.25) is 0 Å². The molecule has 0 fully saturated rings. The van der Waals surface area contributed by atoms with Crippen molar-refractivity contribution in [2.45, 2.75) is 26.5 Å². The molecule has 0 heterocycles. The minimum atomic E-state index is -0.321. The Bertz CT molecular complexity index is 401. The molecule has 0 aliphatic carbocycles. The van der Waals surface area contributed by atoms with E-state index in [1.54, 1.807) is 0 Å². The van der Waals surface area contributed by atoms with Gasteiger partial charge in [0.15, 0.2) is 0 Å². The van der Waals surface area contributed by atoms with Gasteiger partial charge in [0.05, 0.1) is 17.7 Å². The average molecular weight is 236 g/mol. The van der Waals surface area contributed by atoms with Crippen LogP contribution in [0.4, 0.5) is 4.39 Å². The molecule has 0 saturated heterocycles. The normalized spacial score (nSPS) is 12.1. The summed E-state index contributed by atoms with van der Waals surface area (Å²) in [4.78, 5) is 0. The third kappa shape index (κ3) is 4.51. The maximum Gasteiger partial charge on any atom is 0.123 e. The molecule has 3 nitrogen and oxygen atoms in total. The first-order valence-electron chi connectivity index (χ1n) is 5.68. The van der Waals surface area contributed by atoms with Crippen molar-refractivity contribution in [2.75, 3.05) is 13.2 Å². The fraction of sp³-hybridized carbons (Fsp3) is 0.462. The van der Waals surface area contributed by atoms with Crippen LogP contribution in [0.15, 0.2) is 18.2 Å². The molecule has 1 unspecified atom stereocenters. The molecule has 1 N–H and O–H groups in total. The van der Waals surface area contributed by atoms with Gasteiger partial charge in [0.1, 0.15) is 5.82 Å². The first-order valence-corrected chi connectivity index (χ1v) is 5.68. The summed E-state index contributed by atoms with van der Waals surface area (Å²) < 4.78 is 18.4. The van der Waals surface area contributed by atoms with Gasteiger partial charge < -0.3 is 10.1 Å². The second kappa shape index (κ2) is 7.00. The van der Waals surface area contributed by atoms with Crippen molar-refractivity contribution in [2.24, 2.45) is 0 Å². The van der Waals surface area contributed by atoms with E-state index in [0.717, 1.165) is 0 Å². The molecular weight excluding hydrogens is 219 g/mol. The molecule has 1 aromatic rings. The highest BCUT2D eigenvalue weighted by atomic mass is 19.1. The van der Waals surface area contributed by atoms with E-state index >= 15 is 0 Å². The fourth-order valence-electron chi connectivity index (χ4n) is 1.57. The summed E-state index contributed by atoms with van der Waals surface area (Å²) >= 11 is 0. The number of nitrogens with zero attached hydrogens (tertiary/aromatic N) is 1. The quantitative estimate of drug-likeness (QED) is 0.823. The van der Waals surface area contributed by atoms with E-state index in [0.29, 0.717) is 30.8 Å². The van der Waals surface area contributed by atoms with E-state index in [1.807, 2.05) is 19.9 Å². The zero-order chi connectivity index (χ0) is 12.7. The first kappa shape index (κ1) is 13.6. The van der Waals surface area contributed by atoms with Crippen molar-refractivity contribution >= 4 is 0 Å². The minimum absolute atomic E-state index is 0.110. The standard InChI is InChI=1S/C13H17FN2O/c1-3-17-10(2)8-16-9-12-6-13(14)5-4-11(12)7-15/h4-6,10,16H,3,8-9H2,1-2H3. The zero-order valence-electron chi connectivity index (χ0n) is 10.2. The monoisotopic (exact) mass is 236 g/mol. The smallest absolute Gasteiger partial charge is 0.123 e. The van der Waals surface area contributed by atoms with Crippen LogP contribution >= 0.6 is 0 Å². The predicted molar refractivity (Wildman–Crippen MR) is 63.9 cm³/mol. The number of halogens is 1. The van der Waals surface area contributed by atoms with Crippen LogP contribution in [0.1, 0.15) is 25.0 Å². The zero-order valence-corrected chi connectivity index (χ0v) is 10.2. The lowest BCUT2D eigenvalue weighted by atomic mass is 10.1. The van der Waals surface area contributed by atoms with Crippen LogP contribution < -0.4 is 5.32 Å². The fourth-order valence-corrected chi connectivity index (χ4v) is 1.57. The number of rotatable bonds is 6. The summed E-state index contributed by atoms with van der Waals surface area (Å²) in [6.07, 6.45) is 0.110. The number of hydrogen-bond donors (Lipinski definition) is 1. The van der Waals surface area contributed by atoms with Crippen LogP contribution in [-0.2, 0) is 11.3 Å². The van der Waals surface area contributed by atoms with Gasteiger partial charge in [-0.25, -0.2) is 4.39 Å². The van der Waals surface area contributed by atoms with Crippen molar-refractivity contribution in [1.82, 2.24) is 5.32 Å². The van der Waals surface area contributed by atoms with Crippen molar-refractivity contribution in [1.29, 1.82) is 5.26 Å². The highest BCUT2D eigenvalue weighted by Crippen LogP contribution is 2.10. The summed E-state index contributed by atoms with van der Waals surface area (Å²) in [7, 11) is 0. The number of ether oxygens (including phenoxy) is 1. The van der Waals surface area contributed by atoms with Crippen LogP contribution in [-0.4, -0.2) is 19.3 Å². The molecule has 4 heteroatoms. The molecule has 0 saturated carbocycles. The molecule has 0 spiro atoms. The Labute approximate surface area is 101 Å². The second-order valence-corrected chi connectivity index (χ2v) is 3.81. The van der Waals surface area contributed by atoms with Crippen LogP contribution in [0.25, 0.3) is 0 Å². The Hall–Kier alpha value is -1.44. The van der Waals surface area contributed by atoms with Crippen LogP contribution in [0.2, 0.25) is 0 Å². The summed E-state index contributed by atoms with van der Waals surface area (Å²) in [5.41, 5.74) is 1.18. The third-order valence-corrected chi connectivity index (χ3v) is 2.39. The molecule has 0 amide bonds. The summed E-state index contributed by atoms with van der Waals surface area (Å²) in [6, 6.07) is 6.23. The largest absolute Gasteiger partial charge is 0.377 e. The molecule has 0 aliphatic heterocycles. The molecule has 1 rings (SSSR count). The summed E-state index contributed by atoms with van der Waals surface area (Å²) in [5.74, 6) is -0.321. The Morgan fingerprint density at radius 1 is 1.53 bits per heavy atom. The van der Waals surface area contributed by atoms with Crippen LogP contribution in [0.3, 0.4) is 0 Å². The van der Waals surface area contributed by atoms with E-state index in [4.69, 9.17) is 10.00 Å². The van der Waals surface area contributed by atoms with Gasteiger partial charge in [-0.1, -0.05) is 0 Å². The Morgan fingerprint density at radius 2 is 2.29 bits per heavy atom. The lowest BCUT2D eigenvalue weighted by Gasteiger charge is -2.13. The van der Waals surface area contributed by atoms with Crippen LogP contribution in [0.5, 0.6) is 0 Å². The molecule has 0 radical (unpaired) electrons. The van der Waals surface area contributed by atoms with Gasteiger partial charge in [0, 0.05) is 19.7 Å². The highest BCUT2D eigenvalue weighted by Gasteiger charge is 2.05. The van der Waals surface area contributed by atoms with Crippen molar-refractivity contribution in [3.8, 4) is 6.07 Å². The molecule has 1 atom stereocenters. The third-order valence-electron chi connectivity index (χ3n) is 2.39. The van der Waals surface area contributed by atoms with E-state index in [2.05, 4.69) is 5.32 Å². The van der Waals surface area contributed by atoms with Gasteiger partial charge >= 0.3 is 0 Å². The maximum absolute atomic E-state index is 13.0. The lowest BCUT2D eigenvalue weighted by Crippen LogP contribution is -2.26. The number of nitrogens with one attached hydrogen (secondary N) is 1. The van der Waals surface area contributed by atoms with E-state index in [1.165, 1.54) is 18.2 Å². The van der Waals surface area contributed by atoms with Gasteiger partial charge in [0.25, 0.3) is 0 Å². The summed E-state index contributed by atoms with van der Waals surface area (Å²) in [6.45, 7) is 5.73. The number of benzene rings is 1. The molecule has 17 heavy (non-hydrogen) atoms. The van der Waals surface area contributed by atoms with Crippen LogP contribution in [0, 0.1) is 17.1 Å². The SMILES string of the molecule is CCOC(C)CNCc1cc(F)ccc1C#N. The molecule has 0 aliphatic rings. The Morgan fingerprint density at radius 3 is 2.94 bits per heavy atom. The number of nitriles is 1. The van der Waals surface area contributed by atoms with E-state index in [-0.39, 0.29) is 11.9 Å². The molecular formula is C13H17FN2O. The van der Waals surface area contributed by atoms with E-state index < -0.39 is 0 Å². The van der Waals surface area contributed by atoms with Gasteiger partial charge in [0.2, 0.25) is 0 Å². The predicted octanol–water partition coefficient (Wildman–Crippen LogP) is 2.21. The maximum atomic E-state index is 13.0. The van der Waals surface area contributed by atoms with Crippen molar-refractivity contribution in [3.05, 3.63) is 35.1 Å². The molecule has 0 bridgehead atoms. The Balaban J connectivity index is 2.51. The van der Waals surface area contributed by atoms with Gasteiger partial charge in [-0.2, -0.15) is 5.26 Å². The highest BCUT2D eigenvalue weighted by molar-refractivity contribution is 5.37. The molecule has 92 valence electrons. The van der Waals surface area contributed by atoms with E-state index in [9.17, 15) is 4.39 Å². The Kier molecular flexibility index (Phi) is 5.61. The first-order chi connectivity index (χ1) is 8.17. The van der Waals surface area contributed by atoms with Crippen molar-refractivity contribution in [3.63, 3.8) is 0 Å². The lowest BCUT2D eigenvalue weighted by molar-refractivity contribution is 0.0759. The van der Waals surface area contributed by atoms with Gasteiger partial charge in [-0.05, 0) is 37.6 Å². The molecule has 0 aromatic heterocycles.